The van der Waals surface area contributed by atoms with Gasteiger partial charge in [-0.2, -0.15) is 0 Å². The van der Waals surface area contributed by atoms with Gasteiger partial charge in [-0.1, -0.05) is 27.2 Å². The minimum absolute atomic E-state index is 0.0375. The predicted molar refractivity (Wildman–Crippen MR) is 78.7 cm³/mol. The van der Waals surface area contributed by atoms with Gasteiger partial charge in [-0.15, -0.1) is 0 Å². The monoisotopic (exact) mass is 266 g/mol. The highest BCUT2D eigenvalue weighted by Gasteiger charge is 2.61. The van der Waals surface area contributed by atoms with Gasteiger partial charge < -0.3 is 4.74 Å². The molecule has 1 saturated heterocycles. The Morgan fingerprint density at radius 3 is 2.50 bits per heavy atom. The molecule has 0 radical (unpaired) electrons. The Hall–Kier alpha value is -0.110. The number of hydrogen-bond acceptors (Lipinski definition) is 2. The SMILES string of the molecule is CC1(C)CCC[C@@]2(C)C1CC[C@@]1(C)OC(=S)CC21. The van der Waals surface area contributed by atoms with E-state index < -0.39 is 0 Å². The molecule has 0 aromatic heterocycles. The van der Waals surface area contributed by atoms with Gasteiger partial charge in [0.1, 0.15) is 5.60 Å². The van der Waals surface area contributed by atoms with E-state index in [4.69, 9.17) is 17.0 Å². The molecule has 0 amide bonds. The third-order valence-electron chi connectivity index (χ3n) is 6.46. The summed E-state index contributed by atoms with van der Waals surface area (Å²) < 4.78 is 6.07. The Labute approximate surface area is 117 Å². The second kappa shape index (κ2) is 3.71. The predicted octanol–water partition coefficient (Wildman–Crippen LogP) is 4.74. The summed E-state index contributed by atoms with van der Waals surface area (Å²) in [6, 6.07) is 0. The highest BCUT2D eigenvalue weighted by atomic mass is 32.1. The highest BCUT2D eigenvalue weighted by molar-refractivity contribution is 7.80. The molecule has 2 heteroatoms. The second-order valence-corrected chi connectivity index (χ2v) is 8.44. The fourth-order valence-electron chi connectivity index (χ4n) is 5.65. The van der Waals surface area contributed by atoms with Gasteiger partial charge in [0, 0.05) is 12.3 Å². The smallest absolute Gasteiger partial charge is 0.160 e. The molecule has 2 aliphatic carbocycles. The zero-order valence-electron chi connectivity index (χ0n) is 12.2. The zero-order chi connectivity index (χ0) is 13.2. The van der Waals surface area contributed by atoms with E-state index in [9.17, 15) is 0 Å². The summed E-state index contributed by atoms with van der Waals surface area (Å²) in [5, 5.41) is 0.868. The first-order valence-electron chi connectivity index (χ1n) is 7.50. The molecular formula is C16H26OS. The number of thiocarbonyl (C=S) groups is 1. The maximum Gasteiger partial charge on any atom is 0.160 e. The van der Waals surface area contributed by atoms with Crippen molar-refractivity contribution in [3.63, 3.8) is 0 Å². The lowest BCUT2D eigenvalue weighted by molar-refractivity contribution is -0.137. The van der Waals surface area contributed by atoms with Crippen LogP contribution < -0.4 is 0 Å². The molecule has 0 aromatic rings. The maximum atomic E-state index is 6.07. The minimum Gasteiger partial charge on any atom is -0.481 e. The topological polar surface area (TPSA) is 9.23 Å². The van der Waals surface area contributed by atoms with Gasteiger partial charge in [-0.05, 0) is 61.6 Å². The number of rotatable bonds is 0. The second-order valence-electron chi connectivity index (χ2n) is 7.98. The Balaban J connectivity index is 2.00. The van der Waals surface area contributed by atoms with Crippen molar-refractivity contribution in [1.82, 2.24) is 0 Å². The molecule has 18 heavy (non-hydrogen) atoms. The van der Waals surface area contributed by atoms with E-state index in [0.29, 0.717) is 16.7 Å². The van der Waals surface area contributed by atoms with E-state index in [2.05, 4.69) is 27.7 Å². The molecule has 2 saturated carbocycles. The third kappa shape index (κ3) is 1.60. The van der Waals surface area contributed by atoms with Gasteiger partial charge in [0.2, 0.25) is 0 Å². The van der Waals surface area contributed by atoms with E-state index in [0.717, 1.165) is 17.4 Å². The van der Waals surface area contributed by atoms with Crippen molar-refractivity contribution in [2.24, 2.45) is 22.7 Å². The van der Waals surface area contributed by atoms with Crippen molar-refractivity contribution in [2.45, 2.75) is 71.8 Å². The van der Waals surface area contributed by atoms with Crippen LogP contribution in [0, 0.1) is 22.7 Å². The minimum atomic E-state index is 0.0375. The Morgan fingerprint density at radius 1 is 1.06 bits per heavy atom. The van der Waals surface area contributed by atoms with Crippen molar-refractivity contribution in [3.05, 3.63) is 0 Å². The summed E-state index contributed by atoms with van der Waals surface area (Å²) in [5.74, 6) is 1.50. The molecule has 0 bridgehead atoms. The quantitative estimate of drug-likeness (QED) is 0.586. The lowest BCUT2D eigenvalue weighted by Crippen LogP contribution is -2.55. The van der Waals surface area contributed by atoms with Crippen LogP contribution in [0.4, 0.5) is 0 Å². The number of fused-ring (bicyclic) bond motifs is 3. The maximum absolute atomic E-state index is 6.07. The van der Waals surface area contributed by atoms with Crippen LogP contribution in [-0.4, -0.2) is 10.7 Å². The van der Waals surface area contributed by atoms with Gasteiger partial charge in [0.15, 0.2) is 5.05 Å². The van der Waals surface area contributed by atoms with Gasteiger partial charge in [0.25, 0.3) is 0 Å². The molecule has 3 fully saturated rings. The molecular weight excluding hydrogens is 240 g/mol. The summed E-state index contributed by atoms with van der Waals surface area (Å²) in [6.45, 7) is 9.79. The third-order valence-corrected chi connectivity index (χ3v) is 6.71. The zero-order valence-corrected chi connectivity index (χ0v) is 13.0. The van der Waals surface area contributed by atoms with Gasteiger partial charge in [0.05, 0.1) is 0 Å². The summed E-state index contributed by atoms with van der Waals surface area (Å²) >= 11 is 5.38. The van der Waals surface area contributed by atoms with Crippen molar-refractivity contribution in [1.29, 1.82) is 0 Å². The molecule has 3 aliphatic rings. The van der Waals surface area contributed by atoms with Crippen LogP contribution in [0.2, 0.25) is 0 Å². The van der Waals surface area contributed by atoms with Gasteiger partial charge >= 0.3 is 0 Å². The Bertz CT molecular complexity index is 389. The van der Waals surface area contributed by atoms with E-state index in [1.807, 2.05) is 0 Å². The van der Waals surface area contributed by atoms with Crippen LogP contribution in [0.15, 0.2) is 0 Å². The van der Waals surface area contributed by atoms with Gasteiger partial charge in [-0.3, -0.25) is 0 Å². The molecule has 3 rings (SSSR count). The van der Waals surface area contributed by atoms with E-state index >= 15 is 0 Å². The average molecular weight is 266 g/mol. The van der Waals surface area contributed by atoms with E-state index in [1.165, 1.54) is 32.1 Å². The first kappa shape index (κ1) is 12.9. The lowest BCUT2D eigenvalue weighted by atomic mass is 9.46. The average Bonchev–Trinajstić information content (AvgIpc) is 2.53. The van der Waals surface area contributed by atoms with Crippen LogP contribution >= 0.6 is 12.2 Å². The van der Waals surface area contributed by atoms with Crippen LogP contribution in [0.25, 0.3) is 0 Å². The van der Waals surface area contributed by atoms with Crippen LogP contribution in [0.5, 0.6) is 0 Å². The summed E-state index contributed by atoms with van der Waals surface area (Å²) in [4.78, 5) is 0. The summed E-state index contributed by atoms with van der Waals surface area (Å²) in [6.07, 6.45) is 7.67. The Morgan fingerprint density at radius 2 is 1.78 bits per heavy atom. The van der Waals surface area contributed by atoms with Crippen molar-refractivity contribution >= 4 is 17.3 Å². The van der Waals surface area contributed by atoms with Crippen LogP contribution in [0.1, 0.15) is 66.2 Å². The molecule has 1 aliphatic heterocycles. The molecule has 1 nitrogen and oxygen atoms in total. The molecule has 1 heterocycles. The Kier molecular flexibility index (Phi) is 2.66. The summed E-state index contributed by atoms with van der Waals surface area (Å²) in [5.41, 5.74) is 0.976. The van der Waals surface area contributed by atoms with Crippen LogP contribution in [-0.2, 0) is 4.74 Å². The molecule has 102 valence electrons. The van der Waals surface area contributed by atoms with E-state index in [1.54, 1.807) is 0 Å². The molecule has 0 spiro atoms. The number of ether oxygens (including phenoxy) is 1. The lowest BCUT2D eigenvalue weighted by Gasteiger charge is -2.59. The largest absolute Gasteiger partial charge is 0.481 e. The first-order valence-corrected chi connectivity index (χ1v) is 7.91. The number of hydrogen-bond donors (Lipinski definition) is 0. The van der Waals surface area contributed by atoms with Crippen molar-refractivity contribution in [2.75, 3.05) is 0 Å². The molecule has 0 N–H and O–H groups in total. The molecule has 2 unspecified atom stereocenters. The van der Waals surface area contributed by atoms with Gasteiger partial charge in [-0.25, -0.2) is 0 Å². The van der Waals surface area contributed by atoms with Crippen molar-refractivity contribution in [3.8, 4) is 0 Å². The normalized spacial score (nSPS) is 50.3. The van der Waals surface area contributed by atoms with Crippen LogP contribution in [0.3, 0.4) is 0 Å². The highest BCUT2D eigenvalue weighted by Crippen LogP contribution is 2.65. The van der Waals surface area contributed by atoms with E-state index in [-0.39, 0.29) is 5.60 Å². The first-order chi connectivity index (χ1) is 8.28. The molecule has 4 atom stereocenters. The fraction of sp³-hybridized carbons (Fsp3) is 0.938. The standard InChI is InChI=1S/C16H26OS/c1-14(2)7-5-8-15(3)11(14)6-9-16(4)12(15)10-13(18)17-16/h11-12H,5-10H2,1-4H3/t11?,12?,15-,16+/m0/s1. The van der Waals surface area contributed by atoms with Crippen molar-refractivity contribution < 1.29 is 4.74 Å². The fourth-order valence-corrected chi connectivity index (χ4v) is 6.00. The molecule has 0 aromatic carbocycles. The summed E-state index contributed by atoms with van der Waals surface area (Å²) in [7, 11) is 0.